The summed E-state index contributed by atoms with van der Waals surface area (Å²) in [5.74, 6) is -1.48. The Morgan fingerprint density at radius 3 is 2.40 bits per heavy atom. The zero-order chi connectivity index (χ0) is 21.1. The average Bonchev–Trinajstić information content (AvgIpc) is 3.37. The molecule has 1 aromatic carbocycles. The Balaban J connectivity index is 1.72. The molecule has 0 saturated carbocycles. The fourth-order valence-corrected chi connectivity index (χ4v) is 3.87. The Morgan fingerprint density at radius 2 is 1.73 bits per heavy atom. The van der Waals surface area contributed by atoms with Crippen molar-refractivity contribution < 1.29 is 14.7 Å². The van der Waals surface area contributed by atoms with E-state index in [1.807, 2.05) is 35.0 Å². The molecule has 3 aromatic rings. The lowest BCUT2D eigenvalue weighted by atomic mass is 9.95. The number of imidazole rings is 1. The van der Waals surface area contributed by atoms with E-state index in [0.29, 0.717) is 25.1 Å². The largest absolute Gasteiger partial charge is 0.507 e. The summed E-state index contributed by atoms with van der Waals surface area (Å²) in [5.41, 5.74) is 1.30. The Hall–Kier alpha value is -3.26. The number of benzene rings is 1. The van der Waals surface area contributed by atoms with Gasteiger partial charge in [0, 0.05) is 47.9 Å². The van der Waals surface area contributed by atoms with E-state index >= 15 is 0 Å². The number of likely N-dealkylation sites (tertiary alicyclic amines) is 1. The number of nitrogens with zero attached hydrogens (tertiary/aromatic N) is 4. The third kappa shape index (κ3) is 3.91. The van der Waals surface area contributed by atoms with Gasteiger partial charge in [0.25, 0.3) is 11.7 Å². The van der Waals surface area contributed by atoms with Crippen LogP contribution in [0.1, 0.15) is 23.6 Å². The first-order chi connectivity index (χ1) is 14.6. The first kappa shape index (κ1) is 20.0. The van der Waals surface area contributed by atoms with Crippen LogP contribution in [-0.2, 0) is 16.1 Å². The van der Waals surface area contributed by atoms with Crippen LogP contribution in [0.2, 0.25) is 0 Å². The summed E-state index contributed by atoms with van der Waals surface area (Å²) < 4.78 is 2.81. The summed E-state index contributed by atoms with van der Waals surface area (Å²) >= 11 is 3.41. The quantitative estimate of drug-likeness (QED) is 0.340. The molecule has 1 aliphatic rings. The van der Waals surface area contributed by atoms with Crippen molar-refractivity contribution in [1.29, 1.82) is 0 Å². The molecule has 7 nitrogen and oxygen atoms in total. The van der Waals surface area contributed by atoms with Gasteiger partial charge < -0.3 is 14.6 Å². The first-order valence-electron chi connectivity index (χ1n) is 9.46. The highest BCUT2D eigenvalue weighted by atomic mass is 79.9. The van der Waals surface area contributed by atoms with Gasteiger partial charge in [0.15, 0.2) is 0 Å². The van der Waals surface area contributed by atoms with Crippen LogP contribution in [0.5, 0.6) is 0 Å². The van der Waals surface area contributed by atoms with Gasteiger partial charge in [-0.2, -0.15) is 0 Å². The molecule has 30 heavy (non-hydrogen) atoms. The number of halogens is 1. The first-order valence-corrected chi connectivity index (χ1v) is 10.3. The molecule has 4 rings (SSSR count). The van der Waals surface area contributed by atoms with Crippen molar-refractivity contribution in [3.8, 4) is 0 Å². The Bertz CT molecular complexity index is 1080. The molecule has 1 N–H and O–H groups in total. The zero-order valence-corrected chi connectivity index (χ0v) is 17.6. The molecule has 0 bridgehead atoms. The van der Waals surface area contributed by atoms with E-state index in [-0.39, 0.29) is 11.3 Å². The van der Waals surface area contributed by atoms with E-state index in [1.165, 1.54) is 17.3 Å². The van der Waals surface area contributed by atoms with Gasteiger partial charge in [0.1, 0.15) is 5.76 Å². The SMILES string of the molecule is O=C1C(=O)N(CCCn2ccnc2)C(c2ccc(Br)cc2)C1=C(O)c1ccncc1. The number of hydrogen-bond acceptors (Lipinski definition) is 5. The average molecular weight is 467 g/mol. The van der Waals surface area contributed by atoms with Crippen molar-refractivity contribution in [2.45, 2.75) is 19.0 Å². The molecule has 0 spiro atoms. The minimum Gasteiger partial charge on any atom is -0.507 e. The van der Waals surface area contributed by atoms with Gasteiger partial charge in [-0.25, -0.2) is 4.98 Å². The molecule has 1 aliphatic heterocycles. The smallest absolute Gasteiger partial charge is 0.295 e. The number of Topliss-reactive ketones (excluding diaryl/α,β-unsaturated/α-hetero) is 1. The number of aromatic nitrogens is 3. The molecule has 1 amide bonds. The van der Waals surface area contributed by atoms with Crippen molar-refractivity contribution >= 4 is 33.4 Å². The molecule has 152 valence electrons. The second-order valence-electron chi connectivity index (χ2n) is 6.93. The van der Waals surface area contributed by atoms with Crippen LogP contribution in [0.25, 0.3) is 5.76 Å². The fourth-order valence-electron chi connectivity index (χ4n) is 3.61. The number of aliphatic hydroxyl groups excluding tert-OH is 1. The number of carbonyl (C=O) groups is 2. The highest BCUT2D eigenvalue weighted by Gasteiger charge is 2.45. The molecule has 1 saturated heterocycles. The number of aliphatic hydroxyl groups is 1. The van der Waals surface area contributed by atoms with Crippen molar-refractivity contribution in [3.63, 3.8) is 0 Å². The lowest BCUT2D eigenvalue weighted by Gasteiger charge is -2.25. The van der Waals surface area contributed by atoms with Gasteiger partial charge in [-0.05, 0) is 36.2 Å². The van der Waals surface area contributed by atoms with Crippen LogP contribution < -0.4 is 0 Å². The molecule has 1 fully saturated rings. The summed E-state index contributed by atoms with van der Waals surface area (Å²) in [7, 11) is 0. The number of hydrogen-bond donors (Lipinski definition) is 1. The van der Waals surface area contributed by atoms with Crippen LogP contribution in [0.3, 0.4) is 0 Å². The lowest BCUT2D eigenvalue weighted by Crippen LogP contribution is -2.31. The number of rotatable bonds is 6. The lowest BCUT2D eigenvalue weighted by molar-refractivity contribution is -0.139. The fraction of sp³-hybridized carbons (Fsp3) is 0.182. The van der Waals surface area contributed by atoms with Crippen molar-refractivity contribution in [2.75, 3.05) is 6.54 Å². The maximum absolute atomic E-state index is 12.9. The van der Waals surface area contributed by atoms with E-state index < -0.39 is 17.7 Å². The Kier molecular flexibility index (Phi) is 5.76. The van der Waals surface area contributed by atoms with Gasteiger partial charge in [-0.1, -0.05) is 28.1 Å². The van der Waals surface area contributed by atoms with Crippen LogP contribution in [0, 0.1) is 0 Å². The third-order valence-electron chi connectivity index (χ3n) is 5.05. The summed E-state index contributed by atoms with van der Waals surface area (Å²) in [6.07, 6.45) is 8.97. The zero-order valence-electron chi connectivity index (χ0n) is 16.0. The predicted molar refractivity (Wildman–Crippen MR) is 114 cm³/mol. The van der Waals surface area contributed by atoms with Gasteiger partial charge >= 0.3 is 0 Å². The van der Waals surface area contributed by atoms with Gasteiger partial charge in [0.05, 0.1) is 17.9 Å². The number of ketones is 1. The molecule has 0 radical (unpaired) electrons. The van der Waals surface area contributed by atoms with E-state index in [2.05, 4.69) is 25.9 Å². The van der Waals surface area contributed by atoms with Crippen LogP contribution in [-0.4, -0.2) is 42.8 Å². The van der Waals surface area contributed by atoms with Gasteiger partial charge in [0.2, 0.25) is 0 Å². The van der Waals surface area contributed by atoms with Crippen molar-refractivity contribution in [3.05, 3.63) is 88.7 Å². The van der Waals surface area contributed by atoms with E-state index in [4.69, 9.17) is 0 Å². The molecule has 3 heterocycles. The van der Waals surface area contributed by atoms with Crippen molar-refractivity contribution in [1.82, 2.24) is 19.4 Å². The van der Waals surface area contributed by atoms with E-state index in [1.54, 1.807) is 24.7 Å². The minimum absolute atomic E-state index is 0.0937. The van der Waals surface area contributed by atoms with Crippen molar-refractivity contribution in [2.24, 2.45) is 0 Å². The van der Waals surface area contributed by atoms with Crippen LogP contribution in [0.15, 0.2) is 77.6 Å². The highest BCUT2D eigenvalue weighted by Crippen LogP contribution is 2.39. The number of carbonyl (C=O) groups excluding carboxylic acids is 2. The predicted octanol–water partition coefficient (Wildman–Crippen LogP) is 3.55. The number of pyridine rings is 1. The summed E-state index contributed by atoms with van der Waals surface area (Å²) in [6.45, 7) is 1.04. The molecular weight excluding hydrogens is 448 g/mol. The topological polar surface area (TPSA) is 88.3 Å². The monoisotopic (exact) mass is 466 g/mol. The second-order valence-corrected chi connectivity index (χ2v) is 7.85. The molecule has 2 aromatic heterocycles. The summed E-state index contributed by atoms with van der Waals surface area (Å²) in [6, 6.07) is 9.97. The molecule has 1 atom stereocenters. The van der Waals surface area contributed by atoms with Gasteiger partial charge in [-0.15, -0.1) is 0 Å². The van der Waals surface area contributed by atoms with E-state index in [9.17, 15) is 14.7 Å². The standard InChI is InChI=1S/C22H19BrN4O3/c23-17-4-2-15(3-5-17)19-18(20(28)16-6-8-24-9-7-16)21(29)22(30)27(19)12-1-11-26-13-10-25-14-26/h2-10,13-14,19,28H,1,11-12H2. The highest BCUT2D eigenvalue weighted by molar-refractivity contribution is 9.10. The minimum atomic E-state index is -0.681. The molecule has 1 unspecified atom stereocenters. The number of aryl methyl sites for hydroxylation is 1. The molecule has 8 heteroatoms. The summed E-state index contributed by atoms with van der Waals surface area (Å²) in [4.78, 5) is 35.3. The maximum Gasteiger partial charge on any atom is 0.295 e. The third-order valence-corrected chi connectivity index (χ3v) is 5.58. The van der Waals surface area contributed by atoms with E-state index in [0.717, 1.165) is 10.0 Å². The second kappa shape index (κ2) is 8.62. The Labute approximate surface area is 181 Å². The van der Waals surface area contributed by atoms with Gasteiger partial charge in [-0.3, -0.25) is 14.6 Å². The van der Waals surface area contributed by atoms with Crippen LogP contribution in [0.4, 0.5) is 0 Å². The molecular formula is C22H19BrN4O3. The maximum atomic E-state index is 12.9. The van der Waals surface area contributed by atoms with Crippen LogP contribution >= 0.6 is 15.9 Å². The molecule has 0 aliphatic carbocycles. The summed E-state index contributed by atoms with van der Waals surface area (Å²) in [5, 5.41) is 10.9. The normalized spacial score (nSPS) is 18.2. The Morgan fingerprint density at radius 1 is 1.00 bits per heavy atom. The number of amides is 1.